The third-order valence-electron chi connectivity index (χ3n) is 4.40. The summed E-state index contributed by atoms with van der Waals surface area (Å²) in [6, 6.07) is 12.7. The van der Waals surface area contributed by atoms with Gasteiger partial charge in [0.25, 0.3) is 5.91 Å². The predicted molar refractivity (Wildman–Crippen MR) is 94.0 cm³/mol. The maximum atomic E-state index is 13.9. The molecule has 0 aromatic heterocycles. The zero-order chi connectivity index (χ0) is 17.1. The number of aryl methyl sites for hydroxylation is 1. The number of hydrogen-bond donors (Lipinski definition) is 1. The molecule has 1 amide bonds. The molecule has 0 bridgehead atoms. The third kappa shape index (κ3) is 3.60. The first-order valence-electron chi connectivity index (χ1n) is 8.18. The summed E-state index contributed by atoms with van der Waals surface area (Å²) in [5, 5.41) is 0.408. The van der Waals surface area contributed by atoms with Crippen LogP contribution in [0.5, 0.6) is 0 Å². The largest absolute Gasteiger partial charge is 0.326 e. The SMILES string of the molecule is C[NH+](CC(=O)N1CCCc2ccccc21)Cc1c(F)cccc1Cl. The highest BCUT2D eigenvalue weighted by Crippen LogP contribution is 2.26. The van der Waals surface area contributed by atoms with Crippen molar-refractivity contribution in [3.8, 4) is 0 Å². The van der Waals surface area contributed by atoms with E-state index >= 15 is 0 Å². The number of para-hydroxylation sites is 1. The predicted octanol–water partition coefficient (Wildman–Crippen LogP) is 2.47. The third-order valence-corrected chi connectivity index (χ3v) is 4.76. The van der Waals surface area contributed by atoms with Crippen molar-refractivity contribution in [2.45, 2.75) is 19.4 Å². The Hall–Kier alpha value is -1.91. The van der Waals surface area contributed by atoms with Crippen molar-refractivity contribution in [2.24, 2.45) is 0 Å². The number of rotatable bonds is 4. The van der Waals surface area contributed by atoms with Gasteiger partial charge in [0.15, 0.2) is 6.54 Å². The van der Waals surface area contributed by atoms with Crippen molar-refractivity contribution in [1.29, 1.82) is 0 Å². The molecule has 3 rings (SSSR count). The Morgan fingerprint density at radius 1 is 1.25 bits per heavy atom. The molecular weight excluding hydrogens is 327 g/mol. The molecule has 1 aliphatic rings. The average Bonchev–Trinajstić information content (AvgIpc) is 2.57. The second-order valence-electron chi connectivity index (χ2n) is 6.29. The number of anilines is 1. The Morgan fingerprint density at radius 2 is 2.04 bits per heavy atom. The van der Waals surface area contributed by atoms with E-state index in [2.05, 4.69) is 6.07 Å². The summed E-state index contributed by atoms with van der Waals surface area (Å²) in [4.78, 5) is 15.5. The van der Waals surface area contributed by atoms with Crippen molar-refractivity contribution in [3.63, 3.8) is 0 Å². The molecule has 0 radical (unpaired) electrons. The topological polar surface area (TPSA) is 24.8 Å². The molecule has 1 N–H and O–H groups in total. The lowest BCUT2D eigenvalue weighted by atomic mass is 10.0. The van der Waals surface area contributed by atoms with E-state index in [9.17, 15) is 9.18 Å². The number of halogens is 2. The molecule has 0 aliphatic carbocycles. The Kier molecular flexibility index (Phi) is 5.17. The van der Waals surface area contributed by atoms with Crippen molar-refractivity contribution in [3.05, 3.63) is 64.4 Å². The Morgan fingerprint density at radius 3 is 2.83 bits per heavy atom. The van der Waals surface area contributed by atoms with Crippen LogP contribution < -0.4 is 9.80 Å². The zero-order valence-corrected chi connectivity index (χ0v) is 14.4. The van der Waals surface area contributed by atoms with Crippen LogP contribution in [0.15, 0.2) is 42.5 Å². The van der Waals surface area contributed by atoms with Gasteiger partial charge in [0.1, 0.15) is 12.4 Å². The summed E-state index contributed by atoms with van der Waals surface area (Å²) < 4.78 is 13.9. The van der Waals surface area contributed by atoms with Crippen LogP contribution in [0.25, 0.3) is 0 Å². The monoisotopic (exact) mass is 347 g/mol. The van der Waals surface area contributed by atoms with Crippen LogP contribution in [-0.2, 0) is 17.8 Å². The van der Waals surface area contributed by atoms with E-state index in [-0.39, 0.29) is 11.7 Å². The summed E-state index contributed by atoms with van der Waals surface area (Å²) in [6.07, 6.45) is 1.98. The molecule has 0 spiro atoms. The molecule has 24 heavy (non-hydrogen) atoms. The number of likely N-dealkylation sites (N-methyl/N-ethyl adjacent to an activating group) is 1. The van der Waals surface area contributed by atoms with E-state index in [0.717, 1.165) is 30.0 Å². The minimum absolute atomic E-state index is 0.0621. The second-order valence-corrected chi connectivity index (χ2v) is 6.70. The highest BCUT2D eigenvalue weighted by molar-refractivity contribution is 6.31. The standard InChI is InChI=1S/C19H20ClFN2O/c1-22(12-15-16(20)8-4-9-17(15)21)13-19(24)23-11-5-7-14-6-2-3-10-18(14)23/h2-4,6,8-10H,5,7,11-13H2,1H3/p+1. The maximum absolute atomic E-state index is 13.9. The lowest BCUT2D eigenvalue weighted by Crippen LogP contribution is -3.09. The van der Waals surface area contributed by atoms with Crippen molar-refractivity contribution in [2.75, 3.05) is 25.0 Å². The molecule has 0 saturated heterocycles. The molecular formula is C19H21ClFN2O+. The first kappa shape index (κ1) is 16.9. The molecule has 0 fully saturated rings. The van der Waals surface area contributed by atoms with Gasteiger partial charge in [-0.25, -0.2) is 4.39 Å². The van der Waals surface area contributed by atoms with Gasteiger partial charge in [-0.2, -0.15) is 0 Å². The molecule has 3 nitrogen and oxygen atoms in total. The molecule has 0 saturated carbocycles. The van der Waals surface area contributed by atoms with Crippen molar-refractivity contribution >= 4 is 23.2 Å². The molecule has 1 unspecified atom stereocenters. The van der Waals surface area contributed by atoms with E-state index < -0.39 is 0 Å². The number of carbonyl (C=O) groups excluding carboxylic acids is 1. The molecule has 1 aliphatic heterocycles. The number of carbonyl (C=O) groups is 1. The van der Waals surface area contributed by atoms with Gasteiger partial charge in [-0.3, -0.25) is 4.79 Å². The van der Waals surface area contributed by atoms with Gasteiger partial charge < -0.3 is 9.80 Å². The van der Waals surface area contributed by atoms with Gasteiger partial charge in [0.2, 0.25) is 0 Å². The summed E-state index contributed by atoms with van der Waals surface area (Å²) >= 11 is 6.08. The summed E-state index contributed by atoms with van der Waals surface area (Å²) in [6.45, 7) is 1.43. The lowest BCUT2D eigenvalue weighted by Gasteiger charge is -2.30. The fraction of sp³-hybridized carbons (Fsp3) is 0.316. The van der Waals surface area contributed by atoms with Gasteiger partial charge in [-0.05, 0) is 36.6 Å². The van der Waals surface area contributed by atoms with Crippen LogP contribution in [-0.4, -0.2) is 26.0 Å². The highest BCUT2D eigenvalue weighted by Gasteiger charge is 2.25. The first-order chi connectivity index (χ1) is 11.6. The number of fused-ring (bicyclic) bond motifs is 1. The molecule has 1 atom stereocenters. The minimum atomic E-state index is -0.322. The van der Waals surface area contributed by atoms with Gasteiger partial charge in [0, 0.05) is 12.2 Å². The number of benzene rings is 2. The molecule has 2 aromatic carbocycles. The Balaban J connectivity index is 1.69. The Bertz CT molecular complexity index is 730. The molecule has 1 heterocycles. The number of hydrogen-bond acceptors (Lipinski definition) is 1. The number of nitrogens with one attached hydrogen (secondary N) is 1. The van der Waals surface area contributed by atoms with E-state index in [1.165, 1.54) is 11.6 Å². The quantitative estimate of drug-likeness (QED) is 0.903. The summed E-state index contributed by atoms with van der Waals surface area (Å²) in [5.74, 6) is -0.260. The average molecular weight is 348 g/mol. The summed E-state index contributed by atoms with van der Waals surface area (Å²) in [7, 11) is 1.89. The van der Waals surface area contributed by atoms with Gasteiger partial charge in [0.05, 0.1) is 17.6 Å². The van der Waals surface area contributed by atoms with Crippen molar-refractivity contribution < 1.29 is 14.1 Å². The number of quaternary nitrogens is 1. The van der Waals surface area contributed by atoms with E-state index in [4.69, 9.17) is 11.6 Å². The molecule has 126 valence electrons. The zero-order valence-electron chi connectivity index (χ0n) is 13.7. The Labute approximate surface area is 146 Å². The summed E-state index contributed by atoms with van der Waals surface area (Å²) in [5.41, 5.74) is 2.68. The second kappa shape index (κ2) is 7.32. The smallest absolute Gasteiger partial charge is 0.282 e. The number of nitrogens with zero attached hydrogens (tertiary/aromatic N) is 1. The van der Waals surface area contributed by atoms with Gasteiger partial charge in [-0.1, -0.05) is 35.9 Å². The van der Waals surface area contributed by atoms with Crippen LogP contribution in [0.3, 0.4) is 0 Å². The van der Waals surface area contributed by atoms with Crippen LogP contribution in [0.4, 0.5) is 10.1 Å². The first-order valence-corrected chi connectivity index (χ1v) is 8.56. The minimum Gasteiger partial charge on any atom is -0.326 e. The highest BCUT2D eigenvalue weighted by atomic mass is 35.5. The van der Waals surface area contributed by atoms with E-state index in [0.29, 0.717) is 23.7 Å². The van der Waals surface area contributed by atoms with E-state index in [1.54, 1.807) is 12.1 Å². The van der Waals surface area contributed by atoms with Crippen LogP contribution in [0, 0.1) is 5.82 Å². The fourth-order valence-corrected chi connectivity index (χ4v) is 3.44. The van der Waals surface area contributed by atoms with Crippen LogP contribution in [0.1, 0.15) is 17.5 Å². The number of amides is 1. The fourth-order valence-electron chi connectivity index (χ4n) is 3.21. The van der Waals surface area contributed by atoms with Crippen LogP contribution in [0.2, 0.25) is 5.02 Å². The van der Waals surface area contributed by atoms with Crippen LogP contribution >= 0.6 is 11.6 Å². The lowest BCUT2D eigenvalue weighted by molar-refractivity contribution is -0.885. The van der Waals surface area contributed by atoms with Crippen molar-refractivity contribution in [1.82, 2.24) is 0 Å². The normalized spacial score (nSPS) is 15.0. The molecule has 5 heteroatoms. The van der Waals surface area contributed by atoms with E-state index in [1.807, 2.05) is 30.1 Å². The molecule has 2 aromatic rings. The maximum Gasteiger partial charge on any atom is 0.282 e. The van der Waals surface area contributed by atoms with Gasteiger partial charge in [-0.15, -0.1) is 0 Å². The van der Waals surface area contributed by atoms with Gasteiger partial charge >= 0.3 is 0 Å².